The molecule has 22 heavy (non-hydrogen) atoms. The summed E-state index contributed by atoms with van der Waals surface area (Å²) >= 11 is 0. The Hall–Kier alpha value is -2.08. The van der Waals surface area contributed by atoms with E-state index in [0.29, 0.717) is 0 Å². The zero-order chi connectivity index (χ0) is 16.6. The van der Waals surface area contributed by atoms with E-state index in [2.05, 4.69) is 5.32 Å². The van der Waals surface area contributed by atoms with Gasteiger partial charge in [-0.05, 0) is 26.3 Å². The van der Waals surface area contributed by atoms with Crippen molar-refractivity contribution in [2.75, 3.05) is 13.7 Å². The standard InChI is InChI=1S/C16H23NO5/c1-16(2,3)22-14(18)13(11-20-4)17-15(19)21-10-12-8-6-5-7-9-12/h5-9,13H,10-11H2,1-4H3,(H,17,19)/t13-/m1/s1. The van der Waals surface area contributed by atoms with Crippen LogP contribution in [0.3, 0.4) is 0 Å². The first-order valence-corrected chi connectivity index (χ1v) is 7.01. The minimum atomic E-state index is -0.910. The van der Waals surface area contributed by atoms with E-state index < -0.39 is 23.7 Å². The van der Waals surface area contributed by atoms with Crippen molar-refractivity contribution < 1.29 is 23.8 Å². The number of carbonyl (C=O) groups is 2. The molecule has 0 spiro atoms. The Bertz CT molecular complexity index is 481. The third-order valence-electron chi connectivity index (χ3n) is 2.53. The third-order valence-corrected chi connectivity index (χ3v) is 2.53. The molecule has 1 amide bonds. The Morgan fingerprint density at radius 2 is 1.82 bits per heavy atom. The van der Waals surface area contributed by atoms with Gasteiger partial charge >= 0.3 is 12.1 Å². The van der Waals surface area contributed by atoms with Gasteiger partial charge < -0.3 is 19.5 Å². The Kier molecular flexibility index (Phi) is 6.85. The molecule has 0 saturated heterocycles. The number of alkyl carbamates (subject to hydrolysis) is 1. The number of hydrogen-bond acceptors (Lipinski definition) is 5. The van der Waals surface area contributed by atoms with E-state index in [9.17, 15) is 9.59 Å². The van der Waals surface area contributed by atoms with Crippen molar-refractivity contribution in [1.82, 2.24) is 5.32 Å². The van der Waals surface area contributed by atoms with Crippen LogP contribution in [0.4, 0.5) is 4.79 Å². The van der Waals surface area contributed by atoms with Gasteiger partial charge in [0.1, 0.15) is 12.2 Å². The minimum Gasteiger partial charge on any atom is -0.458 e. The smallest absolute Gasteiger partial charge is 0.408 e. The maximum atomic E-state index is 12.0. The summed E-state index contributed by atoms with van der Waals surface area (Å²) in [5.74, 6) is -0.564. The number of ether oxygens (including phenoxy) is 3. The van der Waals surface area contributed by atoms with Crippen molar-refractivity contribution in [3.8, 4) is 0 Å². The highest BCUT2D eigenvalue weighted by atomic mass is 16.6. The highest BCUT2D eigenvalue weighted by Gasteiger charge is 2.27. The fraction of sp³-hybridized carbons (Fsp3) is 0.500. The van der Waals surface area contributed by atoms with Gasteiger partial charge in [-0.2, -0.15) is 0 Å². The summed E-state index contributed by atoms with van der Waals surface area (Å²) in [4.78, 5) is 23.8. The van der Waals surface area contributed by atoms with E-state index in [1.54, 1.807) is 20.8 Å². The summed E-state index contributed by atoms with van der Waals surface area (Å²) in [6, 6.07) is 8.35. The molecule has 0 heterocycles. The number of rotatable bonds is 6. The lowest BCUT2D eigenvalue weighted by molar-refractivity contribution is -0.158. The molecule has 0 aromatic heterocycles. The van der Waals surface area contributed by atoms with E-state index in [4.69, 9.17) is 14.2 Å². The fourth-order valence-corrected chi connectivity index (χ4v) is 1.62. The normalized spacial score (nSPS) is 12.4. The molecule has 0 aliphatic carbocycles. The molecular weight excluding hydrogens is 286 g/mol. The number of hydrogen-bond donors (Lipinski definition) is 1. The highest BCUT2D eigenvalue weighted by Crippen LogP contribution is 2.09. The predicted molar refractivity (Wildman–Crippen MR) is 81.3 cm³/mol. The zero-order valence-electron chi connectivity index (χ0n) is 13.4. The topological polar surface area (TPSA) is 73.9 Å². The van der Waals surface area contributed by atoms with E-state index in [1.165, 1.54) is 7.11 Å². The summed E-state index contributed by atoms with van der Waals surface area (Å²) < 4.78 is 15.2. The maximum absolute atomic E-state index is 12.0. The van der Waals surface area contributed by atoms with Crippen molar-refractivity contribution in [3.63, 3.8) is 0 Å². The molecule has 6 heteroatoms. The molecule has 1 rings (SSSR count). The van der Waals surface area contributed by atoms with Gasteiger partial charge in [0.25, 0.3) is 0 Å². The second kappa shape index (κ2) is 8.38. The number of benzene rings is 1. The molecule has 1 aromatic rings. The summed E-state index contributed by atoms with van der Waals surface area (Å²) in [7, 11) is 1.44. The van der Waals surface area contributed by atoms with E-state index in [1.807, 2.05) is 30.3 Å². The van der Waals surface area contributed by atoms with Crippen molar-refractivity contribution in [2.45, 2.75) is 39.0 Å². The molecule has 0 saturated carbocycles. The second-order valence-corrected chi connectivity index (χ2v) is 5.75. The van der Waals surface area contributed by atoms with E-state index in [0.717, 1.165) is 5.56 Å². The van der Waals surface area contributed by atoms with Gasteiger partial charge in [-0.3, -0.25) is 0 Å². The fourth-order valence-electron chi connectivity index (χ4n) is 1.62. The number of amides is 1. The van der Waals surface area contributed by atoms with E-state index >= 15 is 0 Å². The van der Waals surface area contributed by atoms with Crippen LogP contribution in [0.5, 0.6) is 0 Å². The van der Waals surface area contributed by atoms with Crippen LogP contribution in [0.2, 0.25) is 0 Å². The number of carbonyl (C=O) groups excluding carboxylic acids is 2. The van der Waals surface area contributed by atoms with Crippen LogP contribution in [-0.4, -0.2) is 37.4 Å². The minimum absolute atomic E-state index is 0.00928. The van der Waals surface area contributed by atoms with Gasteiger partial charge in [-0.25, -0.2) is 9.59 Å². The van der Waals surface area contributed by atoms with Crippen LogP contribution in [0.15, 0.2) is 30.3 Å². The Labute approximate surface area is 130 Å². The van der Waals surface area contributed by atoms with E-state index in [-0.39, 0.29) is 13.2 Å². The molecule has 0 radical (unpaired) electrons. The van der Waals surface area contributed by atoms with Crippen molar-refractivity contribution in [1.29, 1.82) is 0 Å². The van der Waals surface area contributed by atoms with Gasteiger partial charge in [0.15, 0.2) is 6.04 Å². The van der Waals surface area contributed by atoms with Crippen LogP contribution in [0, 0.1) is 0 Å². The quantitative estimate of drug-likeness (QED) is 0.816. The first-order valence-electron chi connectivity index (χ1n) is 7.01. The first-order chi connectivity index (χ1) is 10.3. The van der Waals surface area contributed by atoms with Gasteiger partial charge in [0.2, 0.25) is 0 Å². The van der Waals surface area contributed by atoms with Crippen LogP contribution >= 0.6 is 0 Å². The van der Waals surface area contributed by atoms with Crippen molar-refractivity contribution in [2.24, 2.45) is 0 Å². The monoisotopic (exact) mass is 309 g/mol. The van der Waals surface area contributed by atoms with Crippen LogP contribution in [-0.2, 0) is 25.6 Å². The Morgan fingerprint density at radius 3 is 2.36 bits per heavy atom. The summed E-state index contributed by atoms with van der Waals surface area (Å²) in [6.45, 7) is 5.39. The van der Waals surface area contributed by atoms with Crippen molar-refractivity contribution in [3.05, 3.63) is 35.9 Å². The van der Waals surface area contributed by atoms with Gasteiger partial charge in [-0.1, -0.05) is 30.3 Å². The molecule has 0 aliphatic heterocycles. The lowest BCUT2D eigenvalue weighted by Gasteiger charge is -2.24. The van der Waals surface area contributed by atoms with Crippen LogP contribution in [0.1, 0.15) is 26.3 Å². The maximum Gasteiger partial charge on any atom is 0.408 e. The molecular formula is C16H23NO5. The molecule has 0 fully saturated rings. The third kappa shape index (κ3) is 7.08. The van der Waals surface area contributed by atoms with Gasteiger partial charge in [0.05, 0.1) is 6.61 Å². The summed E-state index contributed by atoms with van der Waals surface area (Å²) in [5.41, 5.74) is 0.219. The molecule has 0 unspecified atom stereocenters. The largest absolute Gasteiger partial charge is 0.458 e. The van der Waals surface area contributed by atoms with Gasteiger partial charge in [0, 0.05) is 7.11 Å². The molecule has 0 bridgehead atoms. The molecule has 1 aromatic carbocycles. The van der Waals surface area contributed by atoms with Crippen molar-refractivity contribution >= 4 is 12.1 Å². The van der Waals surface area contributed by atoms with Crippen LogP contribution < -0.4 is 5.32 Å². The summed E-state index contributed by atoms with van der Waals surface area (Å²) in [6.07, 6.45) is -0.697. The summed E-state index contributed by atoms with van der Waals surface area (Å²) in [5, 5.41) is 2.45. The SMILES string of the molecule is COC[C@@H](NC(=O)OCc1ccccc1)C(=O)OC(C)(C)C. The number of esters is 1. The van der Waals surface area contributed by atoms with Crippen LogP contribution in [0.25, 0.3) is 0 Å². The second-order valence-electron chi connectivity index (χ2n) is 5.75. The Morgan fingerprint density at radius 1 is 1.18 bits per heavy atom. The number of methoxy groups -OCH3 is 1. The first kappa shape index (κ1) is 18.0. The average Bonchev–Trinajstić information content (AvgIpc) is 2.44. The lowest BCUT2D eigenvalue weighted by atomic mass is 10.2. The Balaban J connectivity index is 2.51. The number of nitrogens with one attached hydrogen (secondary N) is 1. The molecule has 1 N–H and O–H groups in total. The zero-order valence-corrected chi connectivity index (χ0v) is 13.4. The van der Waals surface area contributed by atoms with Gasteiger partial charge in [-0.15, -0.1) is 0 Å². The lowest BCUT2D eigenvalue weighted by Crippen LogP contribution is -2.46. The molecule has 6 nitrogen and oxygen atoms in total. The predicted octanol–water partition coefficient (Wildman–Crippen LogP) is 2.27. The molecule has 122 valence electrons. The highest BCUT2D eigenvalue weighted by molar-refractivity contribution is 5.81. The average molecular weight is 309 g/mol. The molecule has 1 atom stereocenters. The molecule has 0 aliphatic rings.